The maximum Gasteiger partial charge on any atom is 0.259 e. The van der Waals surface area contributed by atoms with E-state index in [1.54, 1.807) is 6.07 Å². The van der Waals surface area contributed by atoms with E-state index in [9.17, 15) is 4.79 Å². The van der Waals surface area contributed by atoms with Gasteiger partial charge in [0.25, 0.3) is 5.91 Å². The molecule has 0 aliphatic rings. The minimum absolute atomic E-state index is 0.0740. The summed E-state index contributed by atoms with van der Waals surface area (Å²) in [5, 5.41) is 8.94. The zero-order valence-electron chi connectivity index (χ0n) is 12.8. The van der Waals surface area contributed by atoms with Gasteiger partial charge in [0.1, 0.15) is 24.0 Å². The number of nitriles is 1. The van der Waals surface area contributed by atoms with Gasteiger partial charge in [-0.2, -0.15) is 5.26 Å². The summed E-state index contributed by atoms with van der Waals surface area (Å²) in [6, 6.07) is 13.7. The first-order chi connectivity index (χ1) is 11.4. The monoisotopic (exact) mass is 544 g/mol. The van der Waals surface area contributed by atoms with Crippen LogP contribution in [0.25, 0.3) is 6.08 Å². The van der Waals surface area contributed by atoms with Crippen LogP contribution >= 0.6 is 45.2 Å². The predicted molar refractivity (Wildman–Crippen MR) is 110 cm³/mol. The molecule has 0 heterocycles. The normalized spacial score (nSPS) is 11.0. The molecule has 6 heteroatoms. The lowest BCUT2D eigenvalue weighted by atomic mass is 10.1. The summed E-state index contributed by atoms with van der Waals surface area (Å²) in [6.07, 6.45) is 1.48. The molecule has 0 saturated heterocycles. The smallest absolute Gasteiger partial charge is 0.259 e. The number of halogens is 2. The summed E-state index contributed by atoms with van der Waals surface area (Å²) in [6.45, 7) is 2.53. The van der Waals surface area contributed by atoms with Gasteiger partial charge in [0.2, 0.25) is 0 Å². The van der Waals surface area contributed by atoms with Gasteiger partial charge >= 0.3 is 0 Å². The van der Waals surface area contributed by atoms with E-state index < -0.39 is 5.91 Å². The number of hydrogen-bond donors (Lipinski definition) is 1. The predicted octanol–water partition coefficient (Wildman–Crippen LogP) is 4.18. The number of primary amides is 1. The molecular weight excluding hydrogens is 530 g/mol. The third kappa shape index (κ3) is 4.95. The Balaban J connectivity index is 2.24. The molecule has 24 heavy (non-hydrogen) atoms. The minimum atomic E-state index is -0.734. The molecule has 2 rings (SSSR count). The first kappa shape index (κ1) is 18.7. The average Bonchev–Trinajstić information content (AvgIpc) is 2.51. The van der Waals surface area contributed by atoms with Crippen LogP contribution in [0.5, 0.6) is 5.75 Å². The lowest BCUT2D eigenvalue weighted by Crippen LogP contribution is -2.12. The second-order valence-corrected chi connectivity index (χ2v) is 7.45. The van der Waals surface area contributed by atoms with Gasteiger partial charge in [-0.15, -0.1) is 0 Å². The van der Waals surface area contributed by atoms with Gasteiger partial charge < -0.3 is 10.5 Å². The van der Waals surface area contributed by atoms with E-state index in [1.165, 1.54) is 11.6 Å². The highest BCUT2D eigenvalue weighted by Gasteiger charge is 2.10. The van der Waals surface area contributed by atoms with Crippen LogP contribution in [0.4, 0.5) is 0 Å². The maximum atomic E-state index is 11.2. The third-order valence-corrected chi connectivity index (χ3v) is 4.79. The largest absolute Gasteiger partial charge is 0.487 e. The van der Waals surface area contributed by atoms with E-state index in [0.29, 0.717) is 6.61 Å². The van der Waals surface area contributed by atoms with Crippen LogP contribution < -0.4 is 10.5 Å². The molecule has 0 fully saturated rings. The SMILES string of the molecule is Cc1cccc(COc2c(I)cc(/C=C(/C#N)C(N)=O)cc2I)c1. The van der Waals surface area contributed by atoms with Crippen LogP contribution in [0, 0.1) is 25.4 Å². The highest BCUT2D eigenvalue weighted by molar-refractivity contribution is 14.1. The summed E-state index contributed by atoms with van der Waals surface area (Å²) >= 11 is 4.36. The fourth-order valence-corrected chi connectivity index (χ4v) is 4.21. The second kappa shape index (κ2) is 8.48. The van der Waals surface area contributed by atoms with Gasteiger partial charge in [0.05, 0.1) is 7.14 Å². The molecule has 0 spiro atoms. The Bertz CT molecular complexity index is 831. The number of aryl methyl sites for hydroxylation is 1. The zero-order chi connectivity index (χ0) is 17.7. The van der Waals surface area contributed by atoms with E-state index >= 15 is 0 Å². The molecule has 0 bridgehead atoms. The number of nitrogens with two attached hydrogens (primary N) is 1. The molecule has 2 aromatic carbocycles. The number of rotatable bonds is 5. The number of carbonyl (C=O) groups is 1. The lowest BCUT2D eigenvalue weighted by Gasteiger charge is -2.12. The Morgan fingerprint density at radius 3 is 2.50 bits per heavy atom. The van der Waals surface area contributed by atoms with Gasteiger partial charge in [-0.25, -0.2) is 0 Å². The van der Waals surface area contributed by atoms with Crippen LogP contribution in [0.1, 0.15) is 16.7 Å². The highest BCUT2D eigenvalue weighted by atomic mass is 127. The number of nitrogens with zero attached hydrogens (tertiary/aromatic N) is 1. The lowest BCUT2D eigenvalue weighted by molar-refractivity contribution is -0.114. The first-order valence-corrected chi connectivity index (χ1v) is 9.15. The van der Waals surface area contributed by atoms with Crippen molar-refractivity contribution in [2.24, 2.45) is 5.73 Å². The molecule has 4 nitrogen and oxygen atoms in total. The van der Waals surface area contributed by atoms with Crippen molar-refractivity contribution >= 4 is 57.2 Å². The van der Waals surface area contributed by atoms with Crippen LogP contribution in [-0.4, -0.2) is 5.91 Å². The van der Waals surface area contributed by atoms with Crippen LogP contribution in [0.2, 0.25) is 0 Å². The number of hydrogen-bond acceptors (Lipinski definition) is 3. The van der Waals surface area contributed by atoms with Crippen molar-refractivity contribution < 1.29 is 9.53 Å². The van der Waals surface area contributed by atoms with Gasteiger partial charge in [-0.1, -0.05) is 29.8 Å². The van der Waals surface area contributed by atoms with Crippen molar-refractivity contribution in [2.45, 2.75) is 13.5 Å². The van der Waals surface area contributed by atoms with Gasteiger partial charge in [0, 0.05) is 0 Å². The fraction of sp³-hybridized carbons (Fsp3) is 0.111. The molecule has 0 unspecified atom stereocenters. The minimum Gasteiger partial charge on any atom is -0.487 e. The van der Waals surface area contributed by atoms with Crippen molar-refractivity contribution in [1.29, 1.82) is 5.26 Å². The number of benzene rings is 2. The van der Waals surface area contributed by atoms with Crippen molar-refractivity contribution in [3.05, 3.63) is 65.8 Å². The highest BCUT2D eigenvalue weighted by Crippen LogP contribution is 2.30. The zero-order valence-corrected chi connectivity index (χ0v) is 17.2. The molecule has 0 saturated carbocycles. The molecule has 0 radical (unpaired) electrons. The second-order valence-electron chi connectivity index (χ2n) is 5.13. The topological polar surface area (TPSA) is 76.1 Å². The molecule has 1 amide bonds. The Kier molecular flexibility index (Phi) is 6.62. The van der Waals surface area contributed by atoms with Crippen molar-refractivity contribution in [2.75, 3.05) is 0 Å². The summed E-state index contributed by atoms with van der Waals surface area (Å²) in [5.74, 6) is 0.0507. The van der Waals surface area contributed by atoms with E-state index in [-0.39, 0.29) is 5.57 Å². The molecule has 0 aliphatic carbocycles. The summed E-state index contributed by atoms with van der Waals surface area (Å²) in [7, 11) is 0. The molecule has 0 atom stereocenters. The Hall–Kier alpha value is -1.60. The Morgan fingerprint density at radius 2 is 1.96 bits per heavy atom. The van der Waals surface area contributed by atoms with Gasteiger partial charge in [-0.05, 0) is 81.4 Å². The van der Waals surface area contributed by atoms with Crippen molar-refractivity contribution in [3.8, 4) is 11.8 Å². The standard InChI is InChI=1S/C18H14I2N2O2/c1-11-3-2-4-12(5-11)10-24-17-15(19)7-13(8-16(17)20)6-14(9-21)18(22)23/h2-8H,10H2,1H3,(H2,22,23)/b14-6-. The molecule has 2 N–H and O–H groups in total. The summed E-state index contributed by atoms with van der Waals surface area (Å²) in [4.78, 5) is 11.2. The van der Waals surface area contributed by atoms with E-state index in [1.807, 2.05) is 37.3 Å². The molecule has 0 aliphatic heterocycles. The summed E-state index contributed by atoms with van der Waals surface area (Å²) in [5.41, 5.74) is 8.13. The first-order valence-electron chi connectivity index (χ1n) is 6.99. The number of carbonyl (C=O) groups excluding carboxylic acids is 1. The van der Waals surface area contributed by atoms with Gasteiger partial charge in [0.15, 0.2) is 0 Å². The van der Waals surface area contributed by atoms with Crippen LogP contribution in [0.15, 0.2) is 42.0 Å². The van der Waals surface area contributed by atoms with Crippen molar-refractivity contribution in [1.82, 2.24) is 0 Å². The van der Waals surface area contributed by atoms with Crippen molar-refractivity contribution in [3.63, 3.8) is 0 Å². The van der Waals surface area contributed by atoms with E-state index in [4.69, 9.17) is 15.7 Å². The van der Waals surface area contributed by atoms with Crippen LogP contribution in [-0.2, 0) is 11.4 Å². The summed E-state index contributed by atoms with van der Waals surface area (Å²) < 4.78 is 7.76. The number of ether oxygens (including phenoxy) is 1. The average molecular weight is 544 g/mol. The van der Waals surface area contributed by atoms with Gasteiger partial charge in [-0.3, -0.25) is 4.79 Å². The Labute approximate surface area is 168 Å². The quantitative estimate of drug-likeness (QED) is 0.349. The Morgan fingerprint density at radius 1 is 1.29 bits per heavy atom. The van der Waals surface area contributed by atoms with Crippen LogP contribution in [0.3, 0.4) is 0 Å². The number of amides is 1. The maximum absolute atomic E-state index is 11.2. The fourth-order valence-electron chi connectivity index (χ4n) is 2.08. The molecule has 2 aromatic rings. The molecule has 122 valence electrons. The van der Waals surface area contributed by atoms with E-state index in [0.717, 1.165) is 24.0 Å². The molecule has 0 aromatic heterocycles. The van der Waals surface area contributed by atoms with E-state index in [2.05, 4.69) is 51.2 Å². The third-order valence-electron chi connectivity index (χ3n) is 3.18. The molecular formula is C18H14I2N2O2.